The van der Waals surface area contributed by atoms with Gasteiger partial charge >= 0.3 is 6.36 Å². The Kier molecular flexibility index (Phi) is 2.46. The van der Waals surface area contributed by atoms with Crippen LogP contribution >= 0.6 is 0 Å². The van der Waals surface area contributed by atoms with Gasteiger partial charge < -0.3 is 4.74 Å². The molecule has 0 atom stereocenters. The molecule has 1 heterocycles. The van der Waals surface area contributed by atoms with E-state index in [0.29, 0.717) is 16.5 Å². The van der Waals surface area contributed by atoms with Crippen molar-refractivity contribution >= 4 is 10.9 Å². The van der Waals surface area contributed by atoms with Gasteiger partial charge in [0.1, 0.15) is 5.75 Å². The van der Waals surface area contributed by atoms with E-state index in [-0.39, 0.29) is 5.75 Å². The minimum absolute atomic E-state index is 0.257. The molecule has 0 aliphatic rings. The van der Waals surface area contributed by atoms with E-state index < -0.39 is 6.36 Å². The predicted octanol–water partition coefficient (Wildman–Crippen LogP) is 3.32. The quantitative estimate of drug-likeness (QED) is 0.744. The van der Waals surface area contributed by atoms with Crippen LogP contribution in [0.1, 0.15) is 5.56 Å². The summed E-state index contributed by atoms with van der Waals surface area (Å²) in [6.07, 6.45) is -3.13. The van der Waals surface area contributed by atoms with Gasteiger partial charge in [-0.2, -0.15) is 0 Å². The van der Waals surface area contributed by atoms with Gasteiger partial charge in [0.05, 0.1) is 5.52 Å². The molecule has 0 unspecified atom stereocenters. The smallest absolute Gasteiger partial charge is 0.406 e. The zero-order chi connectivity index (χ0) is 11.8. The van der Waals surface area contributed by atoms with Crippen LogP contribution in [0.3, 0.4) is 0 Å². The first-order chi connectivity index (χ1) is 7.44. The van der Waals surface area contributed by atoms with E-state index in [1.165, 1.54) is 18.2 Å². The number of alkyl halides is 3. The van der Waals surface area contributed by atoms with Gasteiger partial charge in [-0.05, 0) is 36.8 Å². The van der Waals surface area contributed by atoms with Crippen molar-refractivity contribution in [2.45, 2.75) is 6.36 Å². The van der Waals surface area contributed by atoms with Crippen LogP contribution in [0, 0.1) is 6.92 Å². The third kappa shape index (κ3) is 2.42. The molecule has 2 nitrogen and oxygen atoms in total. The van der Waals surface area contributed by atoms with E-state index in [1.807, 2.05) is 0 Å². The fourth-order valence-corrected chi connectivity index (χ4v) is 1.35. The number of rotatable bonds is 1. The standard InChI is InChI=1S/C11H7F3NO/c1-7-4-8-5-9(16-11(12,13)14)2-3-10(8)15-6-7/h2-6H,1H2. The Morgan fingerprint density at radius 2 is 1.94 bits per heavy atom. The summed E-state index contributed by atoms with van der Waals surface area (Å²) in [5.74, 6) is -0.257. The normalized spacial score (nSPS) is 11.8. The third-order valence-corrected chi connectivity index (χ3v) is 1.94. The van der Waals surface area contributed by atoms with Gasteiger partial charge in [0.2, 0.25) is 0 Å². The number of fused-ring (bicyclic) bond motifs is 1. The van der Waals surface area contributed by atoms with Crippen molar-refractivity contribution in [3.63, 3.8) is 0 Å². The first-order valence-electron chi connectivity index (χ1n) is 4.41. The van der Waals surface area contributed by atoms with Crippen molar-refractivity contribution in [1.82, 2.24) is 4.98 Å². The van der Waals surface area contributed by atoms with Crippen molar-refractivity contribution in [1.29, 1.82) is 0 Å². The van der Waals surface area contributed by atoms with Crippen molar-refractivity contribution in [3.05, 3.63) is 42.9 Å². The van der Waals surface area contributed by atoms with Gasteiger partial charge in [-0.1, -0.05) is 0 Å². The molecule has 1 aromatic carbocycles. The molecule has 16 heavy (non-hydrogen) atoms. The molecule has 1 aromatic heterocycles. The Bertz CT molecular complexity index is 522. The number of pyridine rings is 1. The van der Waals surface area contributed by atoms with Crippen LogP contribution in [0.2, 0.25) is 0 Å². The molecule has 0 saturated carbocycles. The molecule has 2 rings (SSSR count). The zero-order valence-electron chi connectivity index (χ0n) is 8.08. The average Bonchev–Trinajstić information content (AvgIpc) is 2.14. The van der Waals surface area contributed by atoms with Crippen LogP contribution < -0.4 is 4.74 Å². The molecule has 0 aliphatic carbocycles. The van der Waals surface area contributed by atoms with Crippen LogP contribution in [-0.2, 0) is 0 Å². The second-order valence-electron chi connectivity index (χ2n) is 3.25. The zero-order valence-corrected chi connectivity index (χ0v) is 8.08. The third-order valence-electron chi connectivity index (χ3n) is 1.94. The summed E-state index contributed by atoms with van der Waals surface area (Å²) >= 11 is 0. The molecule has 0 aliphatic heterocycles. The largest absolute Gasteiger partial charge is 0.573 e. The van der Waals surface area contributed by atoms with E-state index in [2.05, 4.69) is 16.6 Å². The average molecular weight is 226 g/mol. The first-order valence-corrected chi connectivity index (χ1v) is 4.41. The van der Waals surface area contributed by atoms with Crippen LogP contribution in [0.5, 0.6) is 5.75 Å². The summed E-state index contributed by atoms with van der Waals surface area (Å²) in [7, 11) is 0. The maximum atomic E-state index is 12.0. The number of aromatic nitrogens is 1. The SMILES string of the molecule is [CH2]c1cnc2ccc(OC(F)(F)F)cc2c1. The molecular formula is C11H7F3NO. The Hall–Kier alpha value is -1.78. The lowest BCUT2D eigenvalue weighted by Gasteiger charge is -2.09. The van der Waals surface area contributed by atoms with Crippen LogP contribution in [0.25, 0.3) is 10.9 Å². The summed E-state index contributed by atoms with van der Waals surface area (Å²) < 4.78 is 39.7. The number of hydrogen-bond donors (Lipinski definition) is 0. The van der Waals surface area contributed by atoms with Crippen LogP contribution in [-0.4, -0.2) is 11.3 Å². The fraction of sp³-hybridized carbons (Fsp3) is 0.0909. The number of benzene rings is 1. The van der Waals surface area contributed by atoms with Crippen LogP contribution in [0.15, 0.2) is 30.5 Å². The summed E-state index contributed by atoms with van der Waals surface area (Å²) in [5.41, 5.74) is 1.23. The van der Waals surface area contributed by atoms with Gasteiger partial charge in [-0.15, -0.1) is 13.2 Å². The van der Waals surface area contributed by atoms with Gasteiger partial charge in [0.25, 0.3) is 0 Å². The number of hydrogen-bond acceptors (Lipinski definition) is 2. The lowest BCUT2D eigenvalue weighted by atomic mass is 10.2. The fourth-order valence-electron chi connectivity index (χ4n) is 1.35. The van der Waals surface area contributed by atoms with Crippen molar-refractivity contribution in [2.75, 3.05) is 0 Å². The highest BCUT2D eigenvalue weighted by Gasteiger charge is 2.31. The van der Waals surface area contributed by atoms with E-state index in [4.69, 9.17) is 0 Å². The van der Waals surface area contributed by atoms with E-state index >= 15 is 0 Å². The van der Waals surface area contributed by atoms with Gasteiger partial charge in [0, 0.05) is 11.6 Å². The molecule has 2 aromatic rings. The molecule has 0 bridgehead atoms. The number of nitrogens with zero attached hydrogens (tertiary/aromatic N) is 1. The molecule has 0 spiro atoms. The topological polar surface area (TPSA) is 22.1 Å². The monoisotopic (exact) mass is 226 g/mol. The molecule has 0 fully saturated rings. The molecule has 0 amide bonds. The Labute approximate surface area is 89.7 Å². The first kappa shape index (κ1) is 10.7. The lowest BCUT2D eigenvalue weighted by molar-refractivity contribution is -0.274. The second-order valence-corrected chi connectivity index (χ2v) is 3.25. The van der Waals surface area contributed by atoms with E-state index in [0.717, 1.165) is 0 Å². The second kappa shape index (κ2) is 3.66. The van der Waals surface area contributed by atoms with E-state index in [1.54, 1.807) is 12.3 Å². The van der Waals surface area contributed by atoms with Crippen molar-refractivity contribution in [2.24, 2.45) is 0 Å². The minimum atomic E-state index is -4.68. The summed E-state index contributed by atoms with van der Waals surface area (Å²) in [4.78, 5) is 4.02. The van der Waals surface area contributed by atoms with Crippen molar-refractivity contribution < 1.29 is 17.9 Å². The Morgan fingerprint density at radius 1 is 1.19 bits per heavy atom. The summed E-state index contributed by atoms with van der Waals surface area (Å²) in [6.45, 7) is 3.65. The molecule has 1 radical (unpaired) electrons. The summed E-state index contributed by atoms with van der Waals surface area (Å²) in [6, 6.07) is 5.62. The Balaban J connectivity index is 2.43. The van der Waals surface area contributed by atoms with Gasteiger partial charge in [-0.25, -0.2) is 0 Å². The van der Waals surface area contributed by atoms with E-state index in [9.17, 15) is 13.2 Å². The van der Waals surface area contributed by atoms with Crippen molar-refractivity contribution in [3.8, 4) is 5.75 Å². The highest BCUT2D eigenvalue weighted by atomic mass is 19.4. The molecule has 83 valence electrons. The minimum Gasteiger partial charge on any atom is -0.406 e. The molecular weight excluding hydrogens is 219 g/mol. The van der Waals surface area contributed by atoms with Gasteiger partial charge in [0.15, 0.2) is 0 Å². The molecule has 0 N–H and O–H groups in total. The van der Waals surface area contributed by atoms with Gasteiger partial charge in [-0.3, -0.25) is 4.98 Å². The van der Waals surface area contributed by atoms with Crippen LogP contribution in [0.4, 0.5) is 13.2 Å². The highest BCUT2D eigenvalue weighted by molar-refractivity contribution is 5.80. The molecule has 0 saturated heterocycles. The number of halogens is 3. The number of ether oxygens (including phenoxy) is 1. The highest BCUT2D eigenvalue weighted by Crippen LogP contribution is 2.25. The predicted molar refractivity (Wildman–Crippen MR) is 52.9 cm³/mol. The maximum absolute atomic E-state index is 12.0. The Morgan fingerprint density at radius 3 is 2.62 bits per heavy atom. The lowest BCUT2D eigenvalue weighted by Crippen LogP contribution is -2.17. The maximum Gasteiger partial charge on any atom is 0.573 e. The summed E-state index contributed by atoms with van der Waals surface area (Å²) in [5, 5.41) is 0.564. The molecule has 5 heteroatoms.